The predicted molar refractivity (Wildman–Crippen MR) is 149 cm³/mol. The highest BCUT2D eigenvalue weighted by Crippen LogP contribution is 2.35. The molecular formula is C27H26Cl2N4O7. The van der Waals surface area contributed by atoms with Gasteiger partial charge in [0.15, 0.2) is 23.9 Å². The summed E-state index contributed by atoms with van der Waals surface area (Å²) in [4.78, 5) is 36.9. The van der Waals surface area contributed by atoms with Gasteiger partial charge in [-0.1, -0.05) is 35.2 Å². The van der Waals surface area contributed by atoms with Crippen molar-refractivity contribution in [2.24, 2.45) is 5.10 Å². The Balaban J connectivity index is 1.66. The smallest absolute Gasteiger partial charge is 0.338 e. The molecule has 0 saturated heterocycles. The van der Waals surface area contributed by atoms with Crippen LogP contribution in [0.15, 0.2) is 46.7 Å². The number of amides is 3. The maximum Gasteiger partial charge on any atom is 0.338 e. The molecule has 1 heterocycles. The third-order valence-corrected chi connectivity index (χ3v) is 5.93. The number of terminal acetylenes is 1. The Kier molecular flexibility index (Phi) is 10.6. The number of urea groups is 1. The Morgan fingerprint density at radius 1 is 1.18 bits per heavy atom. The minimum Gasteiger partial charge on any atom is -0.493 e. The average molecular weight is 589 g/mol. The van der Waals surface area contributed by atoms with Gasteiger partial charge in [0.2, 0.25) is 0 Å². The molecule has 3 rings (SSSR count). The molecule has 2 aromatic rings. The summed E-state index contributed by atoms with van der Waals surface area (Å²) in [5.74, 6) is 1.99. The van der Waals surface area contributed by atoms with Crippen molar-refractivity contribution < 1.29 is 33.3 Å². The SMILES string of the molecule is C#CCOc1c(Cl)cc(/C=N\NC(=O)COc2ccc([C@H]3NC(=O)NC(C)=C3C(=O)OCC)cc2OC)cc1Cl. The summed E-state index contributed by atoms with van der Waals surface area (Å²) in [6, 6.07) is 6.64. The molecule has 0 aromatic heterocycles. The fraction of sp³-hybridized carbons (Fsp3) is 0.259. The van der Waals surface area contributed by atoms with Gasteiger partial charge < -0.3 is 29.6 Å². The second-order valence-electron chi connectivity index (χ2n) is 8.09. The van der Waals surface area contributed by atoms with Crippen LogP contribution in [0.4, 0.5) is 4.79 Å². The molecule has 0 radical (unpaired) electrons. The van der Waals surface area contributed by atoms with E-state index in [9.17, 15) is 14.4 Å². The zero-order chi connectivity index (χ0) is 29.2. The molecule has 2 aromatic carbocycles. The molecular weight excluding hydrogens is 563 g/mol. The van der Waals surface area contributed by atoms with Gasteiger partial charge in [0.05, 0.1) is 41.6 Å². The summed E-state index contributed by atoms with van der Waals surface area (Å²) in [6.45, 7) is 3.10. The lowest BCUT2D eigenvalue weighted by molar-refractivity contribution is -0.139. The first-order chi connectivity index (χ1) is 19.2. The van der Waals surface area contributed by atoms with E-state index >= 15 is 0 Å². The fourth-order valence-electron chi connectivity index (χ4n) is 3.67. The molecule has 3 amide bonds. The van der Waals surface area contributed by atoms with Crippen molar-refractivity contribution in [3.63, 3.8) is 0 Å². The largest absolute Gasteiger partial charge is 0.493 e. The number of hydrogen-bond acceptors (Lipinski definition) is 8. The average Bonchev–Trinajstić information content (AvgIpc) is 2.91. The lowest BCUT2D eigenvalue weighted by atomic mass is 9.95. The van der Waals surface area contributed by atoms with E-state index in [0.29, 0.717) is 16.8 Å². The number of benzene rings is 2. The fourth-order valence-corrected chi connectivity index (χ4v) is 4.28. The highest BCUT2D eigenvalue weighted by molar-refractivity contribution is 6.37. The molecule has 0 spiro atoms. The van der Waals surface area contributed by atoms with E-state index in [1.165, 1.54) is 13.3 Å². The van der Waals surface area contributed by atoms with E-state index < -0.39 is 23.9 Å². The summed E-state index contributed by atoms with van der Waals surface area (Å²) in [5, 5.41) is 9.64. The second-order valence-corrected chi connectivity index (χ2v) is 8.90. The zero-order valence-corrected chi connectivity index (χ0v) is 23.3. The predicted octanol–water partition coefficient (Wildman–Crippen LogP) is 3.73. The van der Waals surface area contributed by atoms with Crippen LogP contribution in [-0.4, -0.2) is 51.1 Å². The lowest BCUT2D eigenvalue weighted by Crippen LogP contribution is -2.45. The maximum atomic E-state index is 12.6. The number of ether oxygens (including phenoxy) is 4. The third-order valence-electron chi connectivity index (χ3n) is 5.37. The summed E-state index contributed by atoms with van der Waals surface area (Å²) >= 11 is 12.3. The van der Waals surface area contributed by atoms with Crippen molar-refractivity contribution in [2.75, 3.05) is 26.9 Å². The van der Waals surface area contributed by atoms with Crippen LogP contribution in [-0.2, 0) is 14.3 Å². The van der Waals surface area contributed by atoms with Crippen LogP contribution in [0.1, 0.15) is 31.0 Å². The lowest BCUT2D eigenvalue weighted by Gasteiger charge is -2.28. The van der Waals surface area contributed by atoms with Crippen molar-refractivity contribution in [2.45, 2.75) is 19.9 Å². The van der Waals surface area contributed by atoms with Crippen LogP contribution in [0.3, 0.4) is 0 Å². The number of hydrazone groups is 1. The Morgan fingerprint density at radius 3 is 2.55 bits per heavy atom. The van der Waals surface area contributed by atoms with E-state index in [4.69, 9.17) is 48.6 Å². The molecule has 3 N–H and O–H groups in total. The molecule has 13 heteroatoms. The number of methoxy groups -OCH3 is 1. The number of carbonyl (C=O) groups is 3. The minimum absolute atomic E-state index is 0.0103. The normalized spacial score (nSPS) is 14.6. The van der Waals surface area contributed by atoms with Crippen LogP contribution in [0.25, 0.3) is 0 Å². The highest BCUT2D eigenvalue weighted by atomic mass is 35.5. The molecule has 1 aliphatic rings. The van der Waals surface area contributed by atoms with Crippen LogP contribution >= 0.6 is 23.2 Å². The molecule has 210 valence electrons. The first-order valence-electron chi connectivity index (χ1n) is 11.8. The van der Waals surface area contributed by atoms with Gasteiger partial charge in [0, 0.05) is 5.70 Å². The number of nitrogens with zero attached hydrogens (tertiary/aromatic N) is 1. The van der Waals surface area contributed by atoms with Crippen molar-refractivity contribution >= 4 is 47.3 Å². The van der Waals surface area contributed by atoms with Crippen molar-refractivity contribution in [3.8, 4) is 29.6 Å². The summed E-state index contributed by atoms with van der Waals surface area (Å²) in [5.41, 5.74) is 4.03. The van der Waals surface area contributed by atoms with E-state index in [0.717, 1.165) is 0 Å². The van der Waals surface area contributed by atoms with E-state index in [1.807, 2.05) is 0 Å². The number of halogens is 2. The number of allylic oxidation sites excluding steroid dienone is 1. The van der Waals surface area contributed by atoms with E-state index in [2.05, 4.69) is 27.1 Å². The third kappa shape index (κ3) is 7.59. The van der Waals surface area contributed by atoms with E-state index in [-0.39, 0.29) is 52.7 Å². The molecule has 1 aliphatic heterocycles. The summed E-state index contributed by atoms with van der Waals surface area (Å²) in [6.07, 6.45) is 6.52. The first kappa shape index (κ1) is 30.1. The molecule has 40 heavy (non-hydrogen) atoms. The van der Waals surface area contributed by atoms with E-state index in [1.54, 1.807) is 44.2 Å². The first-order valence-corrected chi connectivity index (χ1v) is 12.6. The Bertz CT molecular complexity index is 1380. The summed E-state index contributed by atoms with van der Waals surface area (Å²) in [7, 11) is 1.42. The molecule has 0 saturated carbocycles. The monoisotopic (exact) mass is 588 g/mol. The van der Waals surface area contributed by atoms with Gasteiger partial charge in [-0.3, -0.25) is 4.79 Å². The minimum atomic E-state index is -0.784. The van der Waals surface area contributed by atoms with Crippen LogP contribution < -0.4 is 30.3 Å². The number of rotatable bonds is 11. The quantitative estimate of drug-likeness (QED) is 0.157. The number of hydrogen-bond donors (Lipinski definition) is 3. The van der Waals surface area contributed by atoms with Crippen molar-refractivity contribution in [3.05, 3.63) is 62.8 Å². The van der Waals surface area contributed by atoms with Gasteiger partial charge in [-0.2, -0.15) is 5.10 Å². The Morgan fingerprint density at radius 2 is 1.90 bits per heavy atom. The standard InChI is InChI=1S/C27H26Cl2N4O7/c1-5-9-39-25-18(28)10-16(11-19(25)29)13-30-33-22(34)14-40-20-8-7-17(12-21(20)37-4)24-23(26(35)38-6-2)15(3)31-27(36)32-24/h1,7-8,10-13,24H,6,9,14H2,2-4H3,(H,33,34)(H2,31,32,36)/b30-13-/t24-/m1/s1. The Labute approximate surface area is 240 Å². The number of esters is 1. The molecule has 0 unspecified atom stereocenters. The molecule has 0 bridgehead atoms. The molecule has 11 nitrogen and oxygen atoms in total. The number of nitrogens with one attached hydrogen (secondary N) is 3. The maximum absolute atomic E-state index is 12.6. The van der Waals surface area contributed by atoms with Gasteiger partial charge in [-0.15, -0.1) is 6.42 Å². The van der Waals surface area contributed by atoms with Crippen LogP contribution in [0.5, 0.6) is 17.2 Å². The second kappa shape index (κ2) is 14.1. The van der Waals surface area contributed by atoms with Gasteiger partial charge in [0.1, 0.15) is 6.61 Å². The van der Waals surface area contributed by atoms with Crippen molar-refractivity contribution in [1.82, 2.24) is 16.1 Å². The highest BCUT2D eigenvalue weighted by Gasteiger charge is 2.32. The molecule has 0 fully saturated rings. The van der Waals surface area contributed by atoms with Crippen LogP contribution in [0, 0.1) is 12.3 Å². The topological polar surface area (TPSA) is 137 Å². The summed E-state index contributed by atoms with van der Waals surface area (Å²) < 4.78 is 21.5. The van der Waals surface area contributed by atoms with Gasteiger partial charge in [0.25, 0.3) is 5.91 Å². The van der Waals surface area contributed by atoms with Gasteiger partial charge in [-0.05, 0) is 49.2 Å². The molecule has 1 atom stereocenters. The van der Waals surface area contributed by atoms with Gasteiger partial charge in [-0.25, -0.2) is 15.0 Å². The molecule has 0 aliphatic carbocycles. The van der Waals surface area contributed by atoms with Crippen LogP contribution in [0.2, 0.25) is 10.0 Å². The Hall–Kier alpha value is -4.40. The number of carbonyl (C=O) groups excluding carboxylic acids is 3. The zero-order valence-electron chi connectivity index (χ0n) is 21.8. The van der Waals surface area contributed by atoms with Gasteiger partial charge >= 0.3 is 12.0 Å². The van der Waals surface area contributed by atoms with Crippen molar-refractivity contribution in [1.29, 1.82) is 0 Å².